The van der Waals surface area contributed by atoms with Gasteiger partial charge in [0.15, 0.2) is 0 Å². The lowest BCUT2D eigenvalue weighted by atomic mass is 10.1. The molecule has 0 radical (unpaired) electrons. The van der Waals surface area contributed by atoms with Gasteiger partial charge in [0.25, 0.3) is 5.69 Å². The Bertz CT molecular complexity index is 639. The average Bonchev–Trinajstić information content (AvgIpc) is 2.74. The van der Waals surface area contributed by atoms with Crippen molar-refractivity contribution < 1.29 is 18.1 Å². The lowest BCUT2D eigenvalue weighted by molar-refractivity contribution is -0.388. The van der Waals surface area contributed by atoms with E-state index in [0.29, 0.717) is 10.4 Å². The van der Waals surface area contributed by atoms with Crippen LogP contribution in [0.5, 0.6) is 0 Å². The van der Waals surface area contributed by atoms with E-state index in [1.165, 1.54) is 17.4 Å². The summed E-state index contributed by atoms with van der Waals surface area (Å²) in [6, 6.07) is 6.35. The lowest BCUT2D eigenvalue weighted by Crippen LogP contribution is -2.08. The largest absolute Gasteiger partial charge is 0.423 e. The summed E-state index contributed by atoms with van der Waals surface area (Å²) in [5.74, 6) is 0. The predicted molar refractivity (Wildman–Crippen MR) is 69.1 cm³/mol. The summed E-state index contributed by atoms with van der Waals surface area (Å²) < 4.78 is 39.2. The first kappa shape index (κ1) is 14.0. The third kappa shape index (κ3) is 2.95. The van der Waals surface area contributed by atoms with E-state index in [4.69, 9.17) is 0 Å². The Kier molecular flexibility index (Phi) is 3.64. The van der Waals surface area contributed by atoms with Crippen molar-refractivity contribution in [2.24, 2.45) is 0 Å². The highest BCUT2D eigenvalue weighted by atomic mass is 79.9. The number of hydrogen-bond acceptors (Lipinski definition) is 3. The Morgan fingerprint density at radius 3 is 2.37 bits per heavy atom. The van der Waals surface area contributed by atoms with Crippen molar-refractivity contribution in [1.29, 1.82) is 0 Å². The van der Waals surface area contributed by atoms with E-state index < -0.39 is 22.4 Å². The average molecular weight is 352 g/mol. The van der Waals surface area contributed by atoms with Gasteiger partial charge in [-0.3, -0.25) is 10.1 Å². The lowest BCUT2D eigenvalue weighted by Gasteiger charge is -2.08. The summed E-state index contributed by atoms with van der Waals surface area (Å²) in [5, 5.41) is 10.6. The molecule has 0 amide bonds. The molecule has 0 saturated heterocycles. The SMILES string of the molecule is O=[N+]([O-])c1ccc(-c2ccc(Br)s2)cc1C(F)(F)F. The summed E-state index contributed by atoms with van der Waals surface area (Å²) in [6.45, 7) is 0. The van der Waals surface area contributed by atoms with Crippen molar-refractivity contribution in [1.82, 2.24) is 0 Å². The van der Waals surface area contributed by atoms with Crippen LogP contribution in [0.25, 0.3) is 10.4 Å². The molecule has 8 heteroatoms. The number of hydrogen-bond donors (Lipinski definition) is 0. The maximum atomic E-state index is 12.8. The summed E-state index contributed by atoms with van der Waals surface area (Å²) in [7, 11) is 0. The van der Waals surface area contributed by atoms with Gasteiger partial charge in [0.05, 0.1) is 8.71 Å². The summed E-state index contributed by atoms with van der Waals surface area (Å²) in [6.07, 6.45) is -4.76. The summed E-state index contributed by atoms with van der Waals surface area (Å²) in [4.78, 5) is 10.2. The molecule has 0 unspecified atom stereocenters. The second-order valence-electron chi connectivity index (χ2n) is 3.59. The van der Waals surface area contributed by atoms with Gasteiger partial charge in [0.1, 0.15) is 5.56 Å². The molecule has 0 fully saturated rings. The normalized spacial score (nSPS) is 11.6. The van der Waals surface area contributed by atoms with E-state index in [-0.39, 0.29) is 0 Å². The van der Waals surface area contributed by atoms with Crippen molar-refractivity contribution in [2.45, 2.75) is 6.18 Å². The molecule has 0 aliphatic heterocycles. The molecule has 0 aliphatic carbocycles. The zero-order valence-electron chi connectivity index (χ0n) is 9.07. The van der Waals surface area contributed by atoms with Gasteiger partial charge in [0.2, 0.25) is 0 Å². The van der Waals surface area contributed by atoms with Gasteiger partial charge in [-0.15, -0.1) is 11.3 Å². The highest BCUT2D eigenvalue weighted by molar-refractivity contribution is 9.11. The Hall–Kier alpha value is -1.41. The molecule has 3 nitrogen and oxygen atoms in total. The highest BCUT2D eigenvalue weighted by Crippen LogP contribution is 2.40. The van der Waals surface area contributed by atoms with Gasteiger partial charge in [-0.2, -0.15) is 13.2 Å². The van der Waals surface area contributed by atoms with Crippen molar-refractivity contribution in [3.05, 3.63) is 49.8 Å². The molecule has 0 N–H and O–H groups in total. The van der Waals surface area contributed by atoms with Gasteiger partial charge < -0.3 is 0 Å². The van der Waals surface area contributed by atoms with Crippen LogP contribution in [0.15, 0.2) is 34.1 Å². The van der Waals surface area contributed by atoms with Crippen LogP contribution in [0.1, 0.15) is 5.56 Å². The molecule has 0 atom stereocenters. The number of halogens is 4. The van der Waals surface area contributed by atoms with E-state index in [1.54, 1.807) is 12.1 Å². The number of nitro groups is 1. The fraction of sp³-hybridized carbons (Fsp3) is 0.0909. The Morgan fingerprint density at radius 2 is 1.89 bits per heavy atom. The van der Waals surface area contributed by atoms with Gasteiger partial charge in [-0.1, -0.05) is 0 Å². The van der Waals surface area contributed by atoms with E-state index in [1.807, 2.05) is 0 Å². The number of benzene rings is 1. The van der Waals surface area contributed by atoms with Gasteiger partial charge in [0, 0.05) is 10.9 Å². The first-order valence-electron chi connectivity index (χ1n) is 4.90. The first-order valence-corrected chi connectivity index (χ1v) is 6.51. The molecule has 1 aromatic heterocycles. The highest BCUT2D eigenvalue weighted by Gasteiger charge is 2.38. The fourth-order valence-electron chi connectivity index (χ4n) is 1.55. The number of nitrogens with zero attached hydrogens (tertiary/aromatic N) is 1. The molecule has 0 spiro atoms. The van der Waals surface area contributed by atoms with Crippen molar-refractivity contribution in [3.63, 3.8) is 0 Å². The molecule has 0 bridgehead atoms. The van der Waals surface area contributed by atoms with E-state index >= 15 is 0 Å². The maximum absolute atomic E-state index is 12.8. The number of thiophene rings is 1. The van der Waals surface area contributed by atoms with Crippen molar-refractivity contribution in [3.8, 4) is 10.4 Å². The van der Waals surface area contributed by atoms with Crippen LogP contribution in [-0.4, -0.2) is 4.92 Å². The molecule has 0 saturated carbocycles. The van der Waals surface area contributed by atoms with Crippen molar-refractivity contribution >= 4 is 33.0 Å². The zero-order valence-corrected chi connectivity index (χ0v) is 11.5. The fourth-order valence-corrected chi connectivity index (χ4v) is 2.93. The number of rotatable bonds is 2. The van der Waals surface area contributed by atoms with Crippen LogP contribution in [-0.2, 0) is 6.18 Å². The Morgan fingerprint density at radius 1 is 1.21 bits per heavy atom. The molecular weight excluding hydrogens is 347 g/mol. The smallest absolute Gasteiger partial charge is 0.258 e. The standard InChI is InChI=1S/C11H5BrF3NO2S/c12-10-4-3-9(19-10)6-1-2-8(16(17)18)7(5-6)11(13,14)15/h1-5H. The van der Waals surface area contributed by atoms with E-state index in [0.717, 1.165) is 15.9 Å². The molecule has 2 rings (SSSR count). The van der Waals surface area contributed by atoms with Gasteiger partial charge in [-0.05, 0) is 45.8 Å². The predicted octanol–water partition coefficient (Wildman–Crippen LogP) is 5.10. The zero-order chi connectivity index (χ0) is 14.2. The summed E-state index contributed by atoms with van der Waals surface area (Å²) >= 11 is 4.47. The van der Waals surface area contributed by atoms with E-state index in [2.05, 4.69) is 15.9 Å². The Balaban J connectivity index is 2.59. The third-order valence-corrected chi connectivity index (χ3v) is 4.03. The minimum atomic E-state index is -4.76. The second-order valence-corrected chi connectivity index (χ2v) is 6.05. The molecule has 1 aromatic carbocycles. The molecule has 19 heavy (non-hydrogen) atoms. The van der Waals surface area contributed by atoms with E-state index in [9.17, 15) is 23.3 Å². The number of nitro benzene ring substituents is 1. The quantitative estimate of drug-likeness (QED) is 0.557. The minimum absolute atomic E-state index is 0.300. The van der Waals surface area contributed by atoms with Gasteiger partial charge in [-0.25, -0.2) is 0 Å². The monoisotopic (exact) mass is 351 g/mol. The first-order chi connectivity index (χ1) is 8.79. The van der Waals surface area contributed by atoms with Crippen LogP contribution in [0.2, 0.25) is 0 Å². The van der Waals surface area contributed by atoms with Crippen LogP contribution in [0, 0.1) is 10.1 Å². The van der Waals surface area contributed by atoms with Crippen LogP contribution < -0.4 is 0 Å². The van der Waals surface area contributed by atoms with Crippen LogP contribution in [0.4, 0.5) is 18.9 Å². The molecular formula is C11H5BrF3NO2S. The molecule has 2 aromatic rings. The molecule has 1 heterocycles. The van der Waals surface area contributed by atoms with Gasteiger partial charge >= 0.3 is 6.18 Å². The van der Waals surface area contributed by atoms with Crippen LogP contribution in [0.3, 0.4) is 0 Å². The molecule has 0 aliphatic rings. The second kappa shape index (κ2) is 4.93. The summed E-state index contributed by atoms with van der Waals surface area (Å²) in [5.41, 5.74) is -1.87. The maximum Gasteiger partial charge on any atom is 0.423 e. The topological polar surface area (TPSA) is 43.1 Å². The Labute approximate surface area is 118 Å². The van der Waals surface area contributed by atoms with Crippen LogP contribution >= 0.6 is 27.3 Å². The molecule has 100 valence electrons. The third-order valence-electron chi connectivity index (χ3n) is 2.36. The van der Waals surface area contributed by atoms with Crippen molar-refractivity contribution in [2.75, 3.05) is 0 Å². The number of alkyl halides is 3. The minimum Gasteiger partial charge on any atom is -0.258 e.